The van der Waals surface area contributed by atoms with E-state index in [1.54, 1.807) is 7.11 Å². The van der Waals surface area contributed by atoms with Gasteiger partial charge in [0, 0.05) is 72.4 Å². The molecule has 0 aromatic rings. The third kappa shape index (κ3) is 52.9. The van der Waals surface area contributed by atoms with Crippen molar-refractivity contribution >= 4 is 49.2 Å². The van der Waals surface area contributed by atoms with Gasteiger partial charge in [0.25, 0.3) is 0 Å². The summed E-state index contributed by atoms with van der Waals surface area (Å²) in [5.41, 5.74) is 0. The smallest absolute Gasteiger partial charge is 0.317 e. The second kappa shape index (κ2) is 48.5. The van der Waals surface area contributed by atoms with Crippen LogP contribution in [-0.2, 0) is 36.8 Å². The van der Waals surface area contributed by atoms with Gasteiger partial charge in [0.2, 0.25) is 0 Å². The second-order valence-corrected chi connectivity index (χ2v) is 35.9. The van der Waals surface area contributed by atoms with Crippen LogP contribution in [0.2, 0.25) is 51.4 Å². The molecule has 0 atom stereocenters. The zero-order chi connectivity index (χ0) is 58.4. The van der Waals surface area contributed by atoms with Gasteiger partial charge in [-0.2, -0.15) is 0 Å². The highest BCUT2D eigenvalue weighted by Crippen LogP contribution is 2.26. The third-order valence-electron chi connectivity index (χ3n) is 12.6. The van der Waals surface area contributed by atoms with Gasteiger partial charge in [0.1, 0.15) is 6.61 Å². The zero-order valence-electron chi connectivity index (χ0n) is 52.7. The second-order valence-electron chi connectivity index (χ2n) is 23.5. The fraction of sp³-hybridized carbons (Fsp3) is 0.929. The molecule has 0 spiro atoms. The summed E-state index contributed by atoms with van der Waals surface area (Å²) in [4.78, 5) is 61.3. The summed E-state index contributed by atoms with van der Waals surface area (Å²) in [6, 6.07) is 2.19. The summed E-state index contributed by atoms with van der Waals surface area (Å²) >= 11 is 0. The maximum Gasteiger partial charge on any atom is 0.317 e. The van der Waals surface area contributed by atoms with Crippen LogP contribution in [0.15, 0.2) is 0 Å². The summed E-state index contributed by atoms with van der Waals surface area (Å²) in [5, 5.41) is 6.18. The van der Waals surface area contributed by atoms with E-state index >= 15 is 0 Å². The van der Waals surface area contributed by atoms with Crippen molar-refractivity contribution < 1.29 is 46.4 Å². The Morgan fingerprint density at radius 3 is 1.12 bits per heavy atom. The van der Waals surface area contributed by atoms with E-state index < -0.39 is 25.2 Å². The normalized spacial score (nSPS) is 12.1. The molecule has 458 valence electrons. The zero-order valence-corrected chi connectivity index (χ0v) is 55.7. The number of hydrogen-bond donors (Lipinski definition) is 2. The molecule has 4 amide bonds. The molecule has 0 aliphatic carbocycles. The molecular formula is C56H122N8O10Si3. The van der Waals surface area contributed by atoms with Crippen LogP contribution in [0.25, 0.3) is 0 Å². The number of ether oxygens (including phenoxy) is 4. The van der Waals surface area contributed by atoms with Crippen molar-refractivity contribution in [2.24, 2.45) is 0 Å². The number of urea groups is 2. The van der Waals surface area contributed by atoms with Gasteiger partial charge in [-0.25, -0.2) is 9.59 Å². The van der Waals surface area contributed by atoms with Gasteiger partial charge in [0.05, 0.1) is 13.2 Å². The highest BCUT2D eigenvalue weighted by atomic mass is 28.5. The van der Waals surface area contributed by atoms with Crippen molar-refractivity contribution in [3.63, 3.8) is 0 Å². The Bertz CT molecular complexity index is 1430. The summed E-state index contributed by atoms with van der Waals surface area (Å²) in [6.45, 7) is 26.6. The number of carbonyl (C=O) groups is 4. The number of unbranched alkanes of at least 4 members (excludes halogenated alkanes) is 8. The lowest BCUT2D eigenvalue weighted by molar-refractivity contribution is -0.145. The van der Waals surface area contributed by atoms with E-state index in [1.165, 1.54) is 0 Å². The molecule has 0 aliphatic heterocycles. The average Bonchev–Trinajstić information content (AvgIpc) is 3.32. The average molecular weight is 1150 g/mol. The molecule has 2 N–H and O–H groups in total. The molecule has 0 saturated carbocycles. The van der Waals surface area contributed by atoms with Crippen molar-refractivity contribution in [3.8, 4) is 0 Å². The van der Waals surface area contributed by atoms with Crippen molar-refractivity contribution in [1.82, 2.24) is 40.0 Å². The van der Waals surface area contributed by atoms with Gasteiger partial charge in [-0.15, -0.1) is 0 Å². The minimum absolute atomic E-state index is 0.0423. The van der Waals surface area contributed by atoms with Crippen LogP contribution in [0.4, 0.5) is 9.59 Å². The van der Waals surface area contributed by atoms with Crippen LogP contribution in [0.1, 0.15) is 129 Å². The Hall–Kier alpha value is -2.19. The molecule has 0 aromatic carbocycles. The van der Waals surface area contributed by atoms with Gasteiger partial charge >= 0.3 is 32.6 Å². The van der Waals surface area contributed by atoms with E-state index in [2.05, 4.69) is 126 Å². The fourth-order valence-corrected chi connectivity index (χ4v) is 22.8. The van der Waals surface area contributed by atoms with Gasteiger partial charge in [-0.05, 0) is 205 Å². The van der Waals surface area contributed by atoms with Crippen molar-refractivity contribution in [1.29, 1.82) is 0 Å². The lowest BCUT2D eigenvalue weighted by atomic mass is 10.1. The van der Waals surface area contributed by atoms with Crippen molar-refractivity contribution in [3.05, 3.63) is 0 Å². The number of nitrogens with zero attached hydrogens (tertiary/aromatic N) is 6. The van der Waals surface area contributed by atoms with Gasteiger partial charge in [-0.1, -0.05) is 45.4 Å². The fourth-order valence-electron chi connectivity index (χ4n) is 8.78. The third-order valence-corrected chi connectivity index (χ3v) is 24.0. The monoisotopic (exact) mass is 1150 g/mol. The molecule has 0 aromatic heterocycles. The number of amides is 4. The van der Waals surface area contributed by atoms with Crippen molar-refractivity contribution in [2.75, 3.05) is 162 Å². The standard InChI is InChI=1S/C34H76N4O7Si3.C22H46N4O3/c1-36(2)23-17-25-38(26-18-24-37(3)4)34(40)35-22-16-14-12-13-15-21-33(39)43-30-29-42-28-20-32-47(8,9)45-48(10,11)44-46(6,7)31-19-27-41-5;1-6-20-29-21(27)14-10-8-7-9-11-15-23-22(28)26(18-12-16-24(2)3)19-13-17-25(4)5/h12-32H2,1-11H3,(H,35,40);6-20H2,1-5H3,(H,23,28). The lowest BCUT2D eigenvalue weighted by Crippen LogP contribution is -2.52. The molecule has 77 heavy (non-hydrogen) atoms. The molecule has 18 nitrogen and oxygen atoms in total. The molecule has 0 rings (SSSR count). The Morgan fingerprint density at radius 2 is 0.753 bits per heavy atom. The topological polar surface area (TPSA) is 167 Å². The van der Waals surface area contributed by atoms with Crippen LogP contribution in [0.5, 0.6) is 0 Å². The van der Waals surface area contributed by atoms with E-state index in [1.807, 2.05) is 16.7 Å². The molecule has 0 saturated heterocycles. The van der Waals surface area contributed by atoms with Crippen LogP contribution in [0.3, 0.4) is 0 Å². The summed E-state index contributed by atoms with van der Waals surface area (Å²) < 4.78 is 34.7. The SMILES string of the molecule is CCCOC(=O)CCCCCCCNC(=O)N(CCCN(C)C)CCCN(C)C.COCCC[Si](C)(C)O[Si](C)(C)O[Si](C)(C)CCCOCCOC(=O)CCCCCCCNC(=O)N(CCCN(C)C)CCCN(C)C. The lowest BCUT2D eigenvalue weighted by Gasteiger charge is -2.38. The molecule has 0 aliphatic rings. The Balaban J connectivity index is 0. The number of carbonyl (C=O) groups excluding carboxylic acids is 4. The highest BCUT2D eigenvalue weighted by Gasteiger charge is 2.39. The van der Waals surface area contributed by atoms with Crippen LogP contribution in [0, 0.1) is 0 Å². The quantitative estimate of drug-likeness (QED) is 0.0336. The van der Waals surface area contributed by atoms with Crippen LogP contribution >= 0.6 is 0 Å². The minimum Gasteiger partial charge on any atom is -0.466 e. The summed E-state index contributed by atoms with van der Waals surface area (Å²) in [6.07, 6.45) is 17.6. The van der Waals surface area contributed by atoms with E-state index in [0.717, 1.165) is 187 Å². The van der Waals surface area contributed by atoms with Gasteiger partial charge in [-0.3, -0.25) is 9.59 Å². The predicted molar refractivity (Wildman–Crippen MR) is 326 cm³/mol. The van der Waals surface area contributed by atoms with Crippen LogP contribution in [-0.4, -0.2) is 241 Å². The molecule has 0 unspecified atom stereocenters. The van der Waals surface area contributed by atoms with E-state index in [-0.39, 0.29) is 24.0 Å². The molecular weight excluding hydrogens is 1030 g/mol. The van der Waals surface area contributed by atoms with Crippen LogP contribution < -0.4 is 10.6 Å². The van der Waals surface area contributed by atoms with Crippen molar-refractivity contribution in [2.45, 2.75) is 180 Å². The summed E-state index contributed by atoms with van der Waals surface area (Å²) in [7, 11) is 12.4. The van der Waals surface area contributed by atoms with E-state index in [0.29, 0.717) is 45.8 Å². The first kappa shape index (κ1) is 76.9. The number of rotatable bonds is 49. The predicted octanol–water partition coefficient (Wildman–Crippen LogP) is 9.57. The Morgan fingerprint density at radius 1 is 0.403 bits per heavy atom. The van der Waals surface area contributed by atoms with Gasteiger partial charge in [0.15, 0.2) is 16.6 Å². The Labute approximate surface area is 475 Å². The van der Waals surface area contributed by atoms with E-state index in [9.17, 15) is 19.2 Å². The number of methoxy groups -OCH3 is 1. The first-order valence-electron chi connectivity index (χ1n) is 29.8. The first-order valence-corrected chi connectivity index (χ1v) is 38.8. The van der Waals surface area contributed by atoms with E-state index in [4.69, 9.17) is 27.2 Å². The van der Waals surface area contributed by atoms with Gasteiger partial charge < -0.3 is 67.2 Å². The largest absolute Gasteiger partial charge is 0.466 e. The molecule has 0 bridgehead atoms. The molecule has 0 fully saturated rings. The summed E-state index contributed by atoms with van der Waals surface area (Å²) in [5.74, 6) is -0.236. The Kier molecular flexibility index (Phi) is 48.4. The first-order chi connectivity index (χ1) is 36.3. The molecule has 0 radical (unpaired) electrons. The highest BCUT2D eigenvalue weighted by molar-refractivity contribution is 6.87. The maximum absolute atomic E-state index is 12.7. The number of nitrogens with one attached hydrogen (secondary N) is 2. The molecule has 0 heterocycles. The molecule has 21 heteroatoms. The minimum atomic E-state index is -2.21. The maximum atomic E-state index is 12.7. The number of esters is 2. The number of hydrogen-bond acceptors (Lipinski definition) is 14.